The van der Waals surface area contributed by atoms with Gasteiger partial charge in [-0.3, -0.25) is 5.10 Å². The van der Waals surface area contributed by atoms with Crippen molar-refractivity contribution in [3.8, 4) is 0 Å². The molecule has 4 N–H and O–H groups in total. The van der Waals surface area contributed by atoms with Crippen LogP contribution in [-0.4, -0.2) is 32.9 Å². The van der Waals surface area contributed by atoms with Gasteiger partial charge in [-0.2, -0.15) is 23.3 Å². The van der Waals surface area contributed by atoms with E-state index in [9.17, 15) is 13.2 Å². The summed E-state index contributed by atoms with van der Waals surface area (Å²) in [5.74, 6) is 0.241. The molecule has 0 aliphatic heterocycles. The predicted molar refractivity (Wildman–Crippen MR) is 116 cm³/mol. The van der Waals surface area contributed by atoms with E-state index >= 15 is 0 Å². The Bertz CT molecular complexity index is 1210. The Morgan fingerprint density at radius 2 is 2.00 bits per heavy atom. The molecule has 0 spiro atoms. The van der Waals surface area contributed by atoms with Crippen molar-refractivity contribution in [1.82, 2.24) is 20.2 Å². The molecule has 0 aliphatic rings. The maximum Gasteiger partial charge on any atom is 0.406 e. The van der Waals surface area contributed by atoms with Gasteiger partial charge < -0.3 is 16.0 Å². The highest BCUT2D eigenvalue weighted by Crippen LogP contribution is 2.34. The number of alkyl halides is 3. The Balaban J connectivity index is 1.71. The zero-order valence-electron chi connectivity index (χ0n) is 16.1. The fourth-order valence-corrected chi connectivity index (χ4v) is 3.46. The molecule has 0 saturated carbocycles. The Labute approximate surface area is 180 Å². The molecular weight excluding hydrogens is 427 g/mol. The number of nitrogens with one attached hydrogen (secondary N) is 2. The minimum absolute atomic E-state index is 0.0909. The van der Waals surface area contributed by atoms with Crippen LogP contribution in [0, 0.1) is 0 Å². The molecule has 0 radical (unpaired) electrons. The van der Waals surface area contributed by atoms with E-state index in [2.05, 4.69) is 38.1 Å². The summed E-state index contributed by atoms with van der Waals surface area (Å²) in [6, 6.07) is 11.8. The molecule has 160 valence electrons. The standard InChI is InChI=1S/C20H18F3N7S/c21-20(22,23)11-30(16-3-1-2-15-14(16)10-26-29-15)18-6-7-25-19(28-18)27-13-5-4-12(9-24)17(31)8-13/h1-8,10,31H,9,11,24H2,(H,26,29)(H,25,27,28). The molecule has 0 unspecified atom stereocenters. The highest BCUT2D eigenvalue weighted by Gasteiger charge is 2.33. The Kier molecular flexibility index (Phi) is 5.70. The number of rotatable bonds is 6. The number of aromatic amines is 1. The smallest absolute Gasteiger partial charge is 0.326 e. The third-order valence-electron chi connectivity index (χ3n) is 4.57. The summed E-state index contributed by atoms with van der Waals surface area (Å²) in [5.41, 5.74) is 8.11. The fraction of sp³-hybridized carbons (Fsp3) is 0.150. The summed E-state index contributed by atoms with van der Waals surface area (Å²) >= 11 is 4.39. The van der Waals surface area contributed by atoms with Crippen molar-refractivity contribution >= 4 is 46.7 Å². The largest absolute Gasteiger partial charge is 0.406 e. The van der Waals surface area contributed by atoms with Gasteiger partial charge >= 0.3 is 6.18 Å². The molecule has 0 atom stereocenters. The second-order valence-corrected chi connectivity index (χ2v) is 7.20. The first-order valence-corrected chi connectivity index (χ1v) is 9.67. The molecule has 0 aliphatic carbocycles. The first-order chi connectivity index (χ1) is 14.8. The molecule has 0 fully saturated rings. The number of nitrogens with two attached hydrogens (primary N) is 1. The van der Waals surface area contributed by atoms with Crippen molar-refractivity contribution in [3.05, 3.63) is 60.4 Å². The summed E-state index contributed by atoms with van der Waals surface area (Å²) in [5, 5.41) is 10.3. The van der Waals surface area contributed by atoms with Crippen LogP contribution in [-0.2, 0) is 6.54 Å². The zero-order valence-corrected chi connectivity index (χ0v) is 17.0. The quantitative estimate of drug-likeness (QED) is 0.326. The average molecular weight is 445 g/mol. The van der Waals surface area contributed by atoms with Crippen LogP contribution in [0.4, 0.5) is 36.3 Å². The lowest BCUT2D eigenvalue weighted by Gasteiger charge is -2.26. The number of aromatic nitrogens is 4. The minimum atomic E-state index is -4.45. The number of halogens is 3. The van der Waals surface area contributed by atoms with Crippen molar-refractivity contribution < 1.29 is 13.2 Å². The average Bonchev–Trinajstić information content (AvgIpc) is 3.21. The highest BCUT2D eigenvalue weighted by atomic mass is 32.1. The number of hydrogen-bond acceptors (Lipinski definition) is 7. The third kappa shape index (κ3) is 4.72. The number of anilines is 4. The maximum atomic E-state index is 13.4. The molecule has 0 amide bonds. The van der Waals surface area contributed by atoms with Gasteiger partial charge in [-0.1, -0.05) is 12.1 Å². The van der Waals surface area contributed by atoms with E-state index < -0.39 is 12.7 Å². The van der Waals surface area contributed by atoms with E-state index in [1.807, 2.05) is 6.07 Å². The van der Waals surface area contributed by atoms with Crippen LogP contribution >= 0.6 is 12.6 Å². The van der Waals surface area contributed by atoms with Crippen LogP contribution in [0.25, 0.3) is 10.9 Å². The fourth-order valence-electron chi connectivity index (χ4n) is 3.16. The molecule has 2 heterocycles. The van der Waals surface area contributed by atoms with Crippen LogP contribution < -0.4 is 16.0 Å². The minimum Gasteiger partial charge on any atom is -0.326 e. The number of benzene rings is 2. The Morgan fingerprint density at radius 1 is 1.16 bits per heavy atom. The van der Waals surface area contributed by atoms with Crippen LogP contribution in [0.15, 0.2) is 59.8 Å². The van der Waals surface area contributed by atoms with Gasteiger partial charge in [0.15, 0.2) is 0 Å². The van der Waals surface area contributed by atoms with Gasteiger partial charge in [-0.25, -0.2) is 4.98 Å². The van der Waals surface area contributed by atoms with Crippen molar-refractivity contribution in [2.24, 2.45) is 5.73 Å². The maximum absolute atomic E-state index is 13.4. The lowest BCUT2D eigenvalue weighted by molar-refractivity contribution is -0.118. The van der Waals surface area contributed by atoms with Crippen LogP contribution in [0.2, 0.25) is 0 Å². The number of fused-ring (bicyclic) bond motifs is 1. The molecule has 2 aromatic carbocycles. The van der Waals surface area contributed by atoms with Crippen LogP contribution in [0.1, 0.15) is 5.56 Å². The monoisotopic (exact) mass is 445 g/mol. The van der Waals surface area contributed by atoms with Gasteiger partial charge in [-0.15, -0.1) is 12.6 Å². The van der Waals surface area contributed by atoms with Crippen LogP contribution in [0.5, 0.6) is 0 Å². The zero-order chi connectivity index (χ0) is 22.0. The number of H-pyrrole nitrogens is 1. The molecule has 4 rings (SSSR count). The van der Waals surface area contributed by atoms with E-state index in [4.69, 9.17) is 5.73 Å². The first kappa shape index (κ1) is 20.9. The third-order valence-corrected chi connectivity index (χ3v) is 4.99. The highest BCUT2D eigenvalue weighted by molar-refractivity contribution is 7.80. The molecule has 2 aromatic heterocycles. The van der Waals surface area contributed by atoms with E-state index in [1.54, 1.807) is 30.3 Å². The molecule has 0 saturated heterocycles. The second-order valence-electron chi connectivity index (χ2n) is 6.72. The predicted octanol–water partition coefficient (Wildman–Crippen LogP) is 4.54. The summed E-state index contributed by atoms with van der Waals surface area (Å²) in [6.45, 7) is -0.878. The van der Waals surface area contributed by atoms with Crippen molar-refractivity contribution in [2.45, 2.75) is 17.6 Å². The summed E-state index contributed by atoms with van der Waals surface area (Å²) in [6.07, 6.45) is -1.57. The Morgan fingerprint density at radius 3 is 2.74 bits per heavy atom. The summed E-state index contributed by atoms with van der Waals surface area (Å²) in [7, 11) is 0. The summed E-state index contributed by atoms with van der Waals surface area (Å²) in [4.78, 5) is 10.2. The van der Waals surface area contributed by atoms with Crippen molar-refractivity contribution in [3.63, 3.8) is 0 Å². The van der Waals surface area contributed by atoms with Gasteiger partial charge in [0.05, 0.1) is 17.4 Å². The number of nitrogens with zero attached hydrogens (tertiary/aromatic N) is 4. The molecule has 11 heteroatoms. The molecule has 31 heavy (non-hydrogen) atoms. The molecular formula is C20H18F3N7S. The van der Waals surface area contributed by atoms with Gasteiger partial charge in [-0.05, 0) is 35.9 Å². The second kappa shape index (κ2) is 8.44. The van der Waals surface area contributed by atoms with E-state index in [1.165, 1.54) is 18.5 Å². The van der Waals surface area contributed by atoms with Crippen LogP contribution in [0.3, 0.4) is 0 Å². The van der Waals surface area contributed by atoms with Gasteiger partial charge in [0.1, 0.15) is 12.4 Å². The lowest BCUT2D eigenvalue weighted by Crippen LogP contribution is -2.31. The number of hydrogen-bond donors (Lipinski definition) is 4. The molecule has 0 bridgehead atoms. The molecule has 4 aromatic rings. The Hall–Kier alpha value is -3.31. The normalized spacial score (nSPS) is 11.6. The van der Waals surface area contributed by atoms with Crippen molar-refractivity contribution in [1.29, 1.82) is 0 Å². The molecule has 7 nitrogen and oxygen atoms in total. The van der Waals surface area contributed by atoms with Gasteiger partial charge in [0.25, 0.3) is 0 Å². The van der Waals surface area contributed by atoms with E-state index in [0.29, 0.717) is 33.7 Å². The van der Waals surface area contributed by atoms with Crippen molar-refractivity contribution in [2.75, 3.05) is 16.8 Å². The lowest BCUT2D eigenvalue weighted by atomic mass is 10.2. The van der Waals surface area contributed by atoms with E-state index in [0.717, 1.165) is 10.5 Å². The first-order valence-electron chi connectivity index (χ1n) is 9.22. The van der Waals surface area contributed by atoms with E-state index in [-0.39, 0.29) is 11.8 Å². The topological polar surface area (TPSA) is 95.8 Å². The SMILES string of the molecule is NCc1ccc(Nc2nccc(N(CC(F)(F)F)c3cccc4[nH]ncc34)n2)cc1S. The van der Waals surface area contributed by atoms with Gasteiger partial charge in [0, 0.05) is 28.7 Å². The van der Waals surface area contributed by atoms with Gasteiger partial charge in [0.2, 0.25) is 5.95 Å². The summed E-state index contributed by atoms with van der Waals surface area (Å²) < 4.78 is 40.3. The number of thiol groups is 1.